The zero-order valence-corrected chi connectivity index (χ0v) is 9.99. The summed E-state index contributed by atoms with van der Waals surface area (Å²) in [7, 11) is 1.59. The second kappa shape index (κ2) is 10.8. The molecular formula is C10H22N2O4. The van der Waals surface area contributed by atoms with Crippen molar-refractivity contribution in [1.82, 2.24) is 10.6 Å². The first-order chi connectivity index (χ1) is 7.70. The molecule has 6 heteroatoms. The third-order valence-corrected chi connectivity index (χ3v) is 1.78. The van der Waals surface area contributed by atoms with E-state index in [-0.39, 0.29) is 19.1 Å². The van der Waals surface area contributed by atoms with E-state index < -0.39 is 6.10 Å². The SMILES string of the molecule is CCNC(=O)CNCC(O)COCCOC. The van der Waals surface area contributed by atoms with Crippen LogP contribution in [0.5, 0.6) is 0 Å². The number of likely N-dealkylation sites (N-methyl/N-ethyl adjacent to an activating group) is 1. The summed E-state index contributed by atoms with van der Waals surface area (Å²) >= 11 is 0. The number of hydrogen-bond acceptors (Lipinski definition) is 5. The molecule has 0 aromatic rings. The summed E-state index contributed by atoms with van der Waals surface area (Å²) in [5.74, 6) is -0.0741. The first-order valence-electron chi connectivity index (χ1n) is 5.42. The molecule has 6 nitrogen and oxygen atoms in total. The Bertz CT molecular complexity index is 178. The minimum absolute atomic E-state index is 0.0741. The van der Waals surface area contributed by atoms with Crippen molar-refractivity contribution < 1.29 is 19.4 Å². The second-order valence-corrected chi connectivity index (χ2v) is 3.31. The standard InChI is InChI=1S/C10H22N2O4/c1-3-12-10(14)7-11-6-9(13)8-16-5-4-15-2/h9,11,13H,3-8H2,1-2H3,(H,12,14). The number of amides is 1. The normalized spacial score (nSPS) is 12.4. The number of carbonyl (C=O) groups excluding carboxylic acids is 1. The Morgan fingerprint density at radius 2 is 2.19 bits per heavy atom. The van der Waals surface area contributed by atoms with E-state index in [4.69, 9.17) is 9.47 Å². The zero-order chi connectivity index (χ0) is 12.2. The summed E-state index contributed by atoms with van der Waals surface area (Å²) in [6.07, 6.45) is -0.605. The smallest absolute Gasteiger partial charge is 0.233 e. The molecule has 0 aliphatic rings. The Balaban J connectivity index is 3.29. The molecule has 0 heterocycles. The van der Waals surface area contributed by atoms with E-state index in [0.717, 1.165) is 0 Å². The number of aliphatic hydroxyl groups excluding tert-OH is 1. The van der Waals surface area contributed by atoms with Gasteiger partial charge in [0.2, 0.25) is 5.91 Å². The Labute approximate surface area is 96.3 Å². The topological polar surface area (TPSA) is 79.8 Å². The van der Waals surface area contributed by atoms with Crippen molar-refractivity contribution in [2.75, 3.05) is 46.6 Å². The maximum Gasteiger partial charge on any atom is 0.233 e. The number of rotatable bonds is 10. The highest BCUT2D eigenvalue weighted by Gasteiger charge is 2.05. The lowest BCUT2D eigenvalue weighted by molar-refractivity contribution is -0.120. The molecule has 0 spiro atoms. The van der Waals surface area contributed by atoms with Gasteiger partial charge in [0.1, 0.15) is 0 Å². The van der Waals surface area contributed by atoms with Crippen LogP contribution in [-0.2, 0) is 14.3 Å². The Hall–Kier alpha value is -0.690. The molecule has 0 rings (SSSR count). The summed E-state index contributed by atoms with van der Waals surface area (Å²) in [6, 6.07) is 0. The van der Waals surface area contributed by atoms with Gasteiger partial charge >= 0.3 is 0 Å². The van der Waals surface area contributed by atoms with Gasteiger partial charge in [-0.05, 0) is 6.92 Å². The molecule has 16 heavy (non-hydrogen) atoms. The lowest BCUT2D eigenvalue weighted by Crippen LogP contribution is -2.38. The average Bonchev–Trinajstić information content (AvgIpc) is 2.25. The lowest BCUT2D eigenvalue weighted by Gasteiger charge is -2.12. The summed E-state index contributed by atoms with van der Waals surface area (Å²) in [5.41, 5.74) is 0. The molecule has 96 valence electrons. The first kappa shape index (κ1) is 15.3. The van der Waals surface area contributed by atoms with Gasteiger partial charge in [-0.3, -0.25) is 4.79 Å². The van der Waals surface area contributed by atoms with Gasteiger partial charge in [-0.15, -0.1) is 0 Å². The van der Waals surface area contributed by atoms with E-state index in [1.807, 2.05) is 6.92 Å². The van der Waals surface area contributed by atoms with Crippen LogP contribution in [0.1, 0.15) is 6.92 Å². The van der Waals surface area contributed by atoms with E-state index in [1.54, 1.807) is 7.11 Å². The van der Waals surface area contributed by atoms with Crippen LogP contribution in [-0.4, -0.2) is 63.7 Å². The molecule has 0 saturated carbocycles. The second-order valence-electron chi connectivity index (χ2n) is 3.31. The summed E-state index contributed by atoms with van der Waals surface area (Å²) in [6.45, 7) is 4.24. The van der Waals surface area contributed by atoms with Crippen LogP contribution in [0.2, 0.25) is 0 Å². The highest BCUT2D eigenvalue weighted by molar-refractivity contribution is 5.77. The molecule has 0 saturated heterocycles. The van der Waals surface area contributed by atoms with Crippen molar-refractivity contribution in [3.8, 4) is 0 Å². The maximum atomic E-state index is 11.0. The first-order valence-corrected chi connectivity index (χ1v) is 5.42. The molecule has 0 aromatic heterocycles. The fraction of sp³-hybridized carbons (Fsp3) is 0.900. The van der Waals surface area contributed by atoms with Gasteiger partial charge in [-0.25, -0.2) is 0 Å². The molecule has 0 aliphatic carbocycles. The largest absolute Gasteiger partial charge is 0.389 e. The van der Waals surface area contributed by atoms with Crippen molar-refractivity contribution in [3.63, 3.8) is 0 Å². The van der Waals surface area contributed by atoms with E-state index in [2.05, 4.69) is 10.6 Å². The van der Waals surface area contributed by atoms with E-state index in [0.29, 0.717) is 26.3 Å². The Morgan fingerprint density at radius 3 is 2.81 bits per heavy atom. The van der Waals surface area contributed by atoms with Crippen LogP contribution in [0.15, 0.2) is 0 Å². The number of nitrogens with one attached hydrogen (secondary N) is 2. The van der Waals surface area contributed by atoms with Gasteiger partial charge in [-0.2, -0.15) is 0 Å². The van der Waals surface area contributed by atoms with Gasteiger partial charge in [0.25, 0.3) is 0 Å². The molecule has 1 atom stereocenters. The number of methoxy groups -OCH3 is 1. The van der Waals surface area contributed by atoms with Crippen molar-refractivity contribution in [2.24, 2.45) is 0 Å². The predicted molar refractivity (Wildman–Crippen MR) is 60.3 cm³/mol. The fourth-order valence-corrected chi connectivity index (χ4v) is 1.03. The molecule has 1 amide bonds. The third kappa shape index (κ3) is 9.85. The fourth-order valence-electron chi connectivity index (χ4n) is 1.03. The Kier molecular flexibility index (Phi) is 10.3. The molecular weight excluding hydrogens is 212 g/mol. The quantitative estimate of drug-likeness (QED) is 0.411. The van der Waals surface area contributed by atoms with Gasteiger partial charge in [-0.1, -0.05) is 0 Å². The molecule has 3 N–H and O–H groups in total. The lowest BCUT2D eigenvalue weighted by atomic mass is 10.3. The highest BCUT2D eigenvalue weighted by Crippen LogP contribution is 1.84. The van der Waals surface area contributed by atoms with E-state index >= 15 is 0 Å². The zero-order valence-electron chi connectivity index (χ0n) is 9.99. The molecule has 0 bridgehead atoms. The van der Waals surface area contributed by atoms with Crippen LogP contribution in [0.3, 0.4) is 0 Å². The Morgan fingerprint density at radius 1 is 1.44 bits per heavy atom. The molecule has 1 unspecified atom stereocenters. The third-order valence-electron chi connectivity index (χ3n) is 1.78. The van der Waals surface area contributed by atoms with Crippen molar-refractivity contribution in [1.29, 1.82) is 0 Å². The summed E-state index contributed by atoms with van der Waals surface area (Å²) < 4.78 is 9.91. The van der Waals surface area contributed by atoms with Gasteiger partial charge in [0.15, 0.2) is 0 Å². The van der Waals surface area contributed by atoms with E-state index in [1.165, 1.54) is 0 Å². The maximum absolute atomic E-state index is 11.0. The molecule has 0 aromatic carbocycles. The van der Waals surface area contributed by atoms with Crippen LogP contribution in [0.4, 0.5) is 0 Å². The van der Waals surface area contributed by atoms with Gasteiger partial charge in [0, 0.05) is 20.2 Å². The highest BCUT2D eigenvalue weighted by atomic mass is 16.5. The molecule has 0 aliphatic heterocycles. The number of carbonyl (C=O) groups is 1. The van der Waals surface area contributed by atoms with Crippen molar-refractivity contribution >= 4 is 5.91 Å². The van der Waals surface area contributed by atoms with Crippen LogP contribution >= 0.6 is 0 Å². The number of hydrogen-bond donors (Lipinski definition) is 3. The average molecular weight is 234 g/mol. The summed E-state index contributed by atoms with van der Waals surface area (Å²) in [4.78, 5) is 11.0. The number of aliphatic hydroxyl groups is 1. The van der Waals surface area contributed by atoms with Crippen molar-refractivity contribution in [3.05, 3.63) is 0 Å². The van der Waals surface area contributed by atoms with Crippen LogP contribution in [0, 0.1) is 0 Å². The number of ether oxygens (including phenoxy) is 2. The minimum Gasteiger partial charge on any atom is -0.389 e. The van der Waals surface area contributed by atoms with Crippen molar-refractivity contribution in [2.45, 2.75) is 13.0 Å². The van der Waals surface area contributed by atoms with Crippen LogP contribution in [0.25, 0.3) is 0 Å². The predicted octanol–water partition coefficient (Wildman–Crippen LogP) is -1.26. The van der Waals surface area contributed by atoms with Gasteiger partial charge in [0.05, 0.1) is 32.5 Å². The molecule has 0 fully saturated rings. The minimum atomic E-state index is -0.605. The monoisotopic (exact) mass is 234 g/mol. The molecule has 0 radical (unpaired) electrons. The summed E-state index contributed by atoms with van der Waals surface area (Å²) in [5, 5.41) is 14.9. The van der Waals surface area contributed by atoms with Crippen LogP contribution < -0.4 is 10.6 Å². The van der Waals surface area contributed by atoms with E-state index in [9.17, 15) is 9.90 Å². The van der Waals surface area contributed by atoms with Gasteiger partial charge < -0.3 is 25.2 Å².